The van der Waals surface area contributed by atoms with Crippen LogP contribution in [0, 0.1) is 17.0 Å². The predicted molar refractivity (Wildman–Crippen MR) is 99.3 cm³/mol. The molecule has 10 heteroatoms. The highest BCUT2D eigenvalue weighted by molar-refractivity contribution is 5.64. The minimum atomic E-state index is -0.986. The Balaban J connectivity index is 2.10. The number of aryl methyl sites for hydroxylation is 1. The van der Waals surface area contributed by atoms with Gasteiger partial charge < -0.3 is 14.2 Å². The monoisotopic (exact) mass is 386 g/mol. The Kier molecular flexibility index (Phi) is 7.18. The molecule has 0 N–H and O–H groups in total. The molecule has 10 nitrogen and oxygen atoms in total. The fraction of sp³-hybridized carbons (Fsp3) is 0.278. The van der Waals surface area contributed by atoms with Gasteiger partial charge in [-0.1, -0.05) is 22.8 Å². The van der Waals surface area contributed by atoms with E-state index in [-0.39, 0.29) is 24.4 Å². The molecular formula is C18H18N4O6. The molecule has 0 amide bonds. The highest BCUT2D eigenvalue weighted by Gasteiger charge is 2.23. The van der Waals surface area contributed by atoms with Gasteiger partial charge >= 0.3 is 6.16 Å². The zero-order chi connectivity index (χ0) is 20.5. The van der Waals surface area contributed by atoms with Gasteiger partial charge in [-0.3, -0.25) is 10.1 Å². The van der Waals surface area contributed by atoms with Crippen LogP contribution in [0.2, 0.25) is 0 Å². The van der Waals surface area contributed by atoms with E-state index < -0.39 is 17.2 Å². The molecule has 146 valence electrons. The Bertz CT molecular complexity index is 893. The van der Waals surface area contributed by atoms with Gasteiger partial charge in [0.05, 0.1) is 23.6 Å². The van der Waals surface area contributed by atoms with Crippen molar-refractivity contribution in [1.29, 1.82) is 0 Å². The normalized spacial score (nSPS) is 11.1. The van der Waals surface area contributed by atoms with Gasteiger partial charge in [0, 0.05) is 11.0 Å². The second-order valence-corrected chi connectivity index (χ2v) is 5.71. The number of nitro groups is 1. The molecule has 0 aliphatic heterocycles. The maximum absolute atomic E-state index is 12.0. The number of rotatable bonds is 8. The number of hydrogen-bond donors (Lipinski definition) is 0. The minimum absolute atomic E-state index is 0.103. The van der Waals surface area contributed by atoms with Crippen LogP contribution in [0.5, 0.6) is 11.5 Å². The van der Waals surface area contributed by atoms with Gasteiger partial charge in [0.25, 0.3) is 5.69 Å². The van der Waals surface area contributed by atoms with E-state index in [9.17, 15) is 14.9 Å². The summed E-state index contributed by atoms with van der Waals surface area (Å²) in [6.07, 6.45) is -1.95. The summed E-state index contributed by atoms with van der Waals surface area (Å²) in [6, 6.07) is 10.8. The van der Waals surface area contributed by atoms with Crippen molar-refractivity contribution in [1.82, 2.24) is 0 Å². The molecule has 0 saturated heterocycles. The lowest BCUT2D eigenvalue weighted by Crippen LogP contribution is -2.14. The van der Waals surface area contributed by atoms with E-state index in [0.717, 1.165) is 5.56 Å². The topological polar surface area (TPSA) is 137 Å². The number of carbonyl (C=O) groups is 1. The lowest BCUT2D eigenvalue weighted by molar-refractivity contribution is -0.386. The summed E-state index contributed by atoms with van der Waals surface area (Å²) in [5.41, 5.74) is 9.17. The molecule has 2 aromatic rings. The molecular weight excluding hydrogens is 368 g/mol. The third-order valence-electron chi connectivity index (χ3n) is 3.65. The third-order valence-corrected chi connectivity index (χ3v) is 3.65. The molecule has 0 aliphatic rings. The number of nitro benzene ring substituents is 1. The Hall–Kier alpha value is -3.78. The second-order valence-electron chi connectivity index (χ2n) is 5.71. The summed E-state index contributed by atoms with van der Waals surface area (Å²) in [7, 11) is 0. The molecule has 0 radical (unpaired) electrons. The van der Waals surface area contributed by atoms with Crippen LogP contribution in [0.4, 0.5) is 10.5 Å². The van der Waals surface area contributed by atoms with Gasteiger partial charge in [-0.05, 0) is 43.6 Å². The molecule has 0 heterocycles. The number of hydrogen-bond acceptors (Lipinski definition) is 7. The van der Waals surface area contributed by atoms with E-state index >= 15 is 0 Å². The van der Waals surface area contributed by atoms with Gasteiger partial charge in [0.1, 0.15) is 17.6 Å². The molecule has 2 rings (SSSR count). The molecule has 1 atom stereocenters. The molecule has 0 aromatic heterocycles. The van der Waals surface area contributed by atoms with E-state index in [2.05, 4.69) is 10.0 Å². The molecule has 2 aromatic carbocycles. The molecule has 0 saturated carbocycles. The van der Waals surface area contributed by atoms with Crippen LogP contribution >= 0.6 is 0 Å². The lowest BCUT2D eigenvalue weighted by Gasteiger charge is -2.15. The van der Waals surface area contributed by atoms with E-state index in [1.807, 2.05) is 6.92 Å². The van der Waals surface area contributed by atoms with Crippen molar-refractivity contribution < 1.29 is 23.9 Å². The zero-order valence-electron chi connectivity index (χ0n) is 15.3. The van der Waals surface area contributed by atoms with Crippen molar-refractivity contribution in [3.8, 4) is 11.5 Å². The summed E-state index contributed by atoms with van der Waals surface area (Å²) >= 11 is 0. The fourth-order valence-corrected chi connectivity index (χ4v) is 2.30. The van der Waals surface area contributed by atoms with Crippen molar-refractivity contribution in [3.05, 3.63) is 74.1 Å². The Morgan fingerprint density at radius 3 is 2.57 bits per heavy atom. The number of nitrogens with zero attached hydrogens (tertiary/aromatic N) is 4. The van der Waals surface area contributed by atoms with Crippen molar-refractivity contribution in [2.24, 2.45) is 5.11 Å². The maximum atomic E-state index is 12.0. The average molecular weight is 386 g/mol. The van der Waals surface area contributed by atoms with E-state index in [1.54, 1.807) is 24.3 Å². The first kappa shape index (κ1) is 20.5. The van der Waals surface area contributed by atoms with Crippen LogP contribution in [0.25, 0.3) is 10.4 Å². The van der Waals surface area contributed by atoms with Crippen molar-refractivity contribution in [2.45, 2.75) is 20.0 Å². The zero-order valence-corrected chi connectivity index (χ0v) is 15.3. The van der Waals surface area contributed by atoms with Gasteiger partial charge in [0.2, 0.25) is 0 Å². The predicted octanol–water partition coefficient (Wildman–Crippen LogP) is 4.87. The molecule has 0 fully saturated rings. The van der Waals surface area contributed by atoms with E-state index in [0.29, 0.717) is 11.5 Å². The summed E-state index contributed by atoms with van der Waals surface area (Å²) in [5.74, 6) is 0.614. The molecule has 0 bridgehead atoms. The van der Waals surface area contributed by atoms with E-state index in [4.69, 9.17) is 19.7 Å². The van der Waals surface area contributed by atoms with Crippen LogP contribution in [-0.2, 0) is 4.74 Å². The van der Waals surface area contributed by atoms with Gasteiger partial charge in [0.15, 0.2) is 0 Å². The summed E-state index contributed by atoms with van der Waals surface area (Å²) in [4.78, 5) is 25.3. The number of ether oxygens (including phenoxy) is 3. The van der Waals surface area contributed by atoms with Crippen molar-refractivity contribution in [2.75, 3.05) is 13.2 Å². The Morgan fingerprint density at radius 1 is 1.25 bits per heavy atom. The van der Waals surface area contributed by atoms with Gasteiger partial charge in [-0.2, -0.15) is 0 Å². The average Bonchev–Trinajstić information content (AvgIpc) is 2.66. The number of carbonyl (C=O) groups excluding carboxylic acids is 1. The Labute approximate surface area is 160 Å². The van der Waals surface area contributed by atoms with Gasteiger partial charge in [-0.15, -0.1) is 0 Å². The largest absolute Gasteiger partial charge is 0.514 e. The van der Waals surface area contributed by atoms with Crippen LogP contribution < -0.4 is 9.47 Å². The Morgan fingerprint density at radius 2 is 1.93 bits per heavy atom. The molecule has 28 heavy (non-hydrogen) atoms. The quantitative estimate of drug-likeness (QED) is 0.0927. The summed E-state index contributed by atoms with van der Waals surface area (Å²) in [6.45, 7) is 3.59. The molecule has 0 aliphatic carbocycles. The highest BCUT2D eigenvalue weighted by atomic mass is 16.7. The fourth-order valence-electron chi connectivity index (χ4n) is 2.30. The number of azide groups is 1. The van der Waals surface area contributed by atoms with Crippen LogP contribution in [0.1, 0.15) is 24.2 Å². The maximum Gasteiger partial charge on any atom is 0.514 e. The minimum Gasteiger partial charge on any atom is -0.493 e. The third kappa shape index (κ3) is 5.89. The smallest absolute Gasteiger partial charge is 0.493 e. The summed E-state index contributed by atoms with van der Waals surface area (Å²) < 4.78 is 15.6. The lowest BCUT2D eigenvalue weighted by atomic mass is 10.1. The van der Waals surface area contributed by atoms with Gasteiger partial charge in [-0.25, -0.2) is 4.79 Å². The molecule has 0 spiro atoms. The van der Waals surface area contributed by atoms with Crippen molar-refractivity contribution >= 4 is 11.8 Å². The first-order valence-corrected chi connectivity index (χ1v) is 8.28. The molecule has 1 unspecified atom stereocenters. The van der Waals surface area contributed by atoms with Crippen LogP contribution in [0.15, 0.2) is 47.6 Å². The van der Waals surface area contributed by atoms with E-state index in [1.165, 1.54) is 25.1 Å². The first-order valence-electron chi connectivity index (χ1n) is 8.28. The SMILES string of the molecule is Cc1ccc(OC(=O)OC(C)c2cc(OCCN=[N+]=[N-])ccc2[N+](=O)[O-])cc1. The number of benzene rings is 2. The first-order chi connectivity index (χ1) is 13.4. The second kappa shape index (κ2) is 9.79. The highest BCUT2D eigenvalue weighted by Crippen LogP contribution is 2.31. The standard InChI is InChI=1S/C18H18N4O6/c1-12-3-5-14(6-4-12)28-18(23)27-13(2)16-11-15(26-10-9-20-21-19)7-8-17(16)22(24)25/h3-8,11,13H,9-10H2,1-2H3. The van der Waals surface area contributed by atoms with Crippen molar-refractivity contribution in [3.63, 3.8) is 0 Å². The van der Waals surface area contributed by atoms with Crippen LogP contribution in [-0.4, -0.2) is 24.2 Å². The summed E-state index contributed by atoms with van der Waals surface area (Å²) in [5, 5.41) is 14.6. The van der Waals surface area contributed by atoms with Crippen LogP contribution in [0.3, 0.4) is 0 Å².